The predicted molar refractivity (Wildman–Crippen MR) is 26.8 cm³/mol. The van der Waals surface area contributed by atoms with Crippen molar-refractivity contribution in [1.29, 1.82) is 0 Å². The Hall–Kier alpha value is -0.970. The fraction of sp³-hybridized carbons (Fsp3) is 0.500. The molecule has 0 saturated carbocycles. The molecule has 0 rings (SSSR count). The number of aliphatic carboxylic acids is 1. The highest BCUT2D eigenvalue weighted by Gasteiger charge is 2.19. The number of Topliss-reactive ketones (excluding diaryl/α,β-unsaturated/α-hetero) is 1. The van der Waals surface area contributed by atoms with E-state index < -0.39 is 17.9 Å². The van der Waals surface area contributed by atoms with Gasteiger partial charge in [-0.15, -0.1) is 0 Å². The molecule has 0 aliphatic rings. The SMILES string of the molecule is CC(=O)C(F)C(=O)O.O. The lowest BCUT2D eigenvalue weighted by Gasteiger charge is -1.92. The number of alkyl halides is 1. The second-order valence-corrected chi connectivity index (χ2v) is 1.31. The Morgan fingerprint density at radius 3 is 1.89 bits per heavy atom. The van der Waals surface area contributed by atoms with Crippen LogP contribution in [0.25, 0.3) is 0 Å². The largest absolute Gasteiger partial charge is 0.479 e. The molecule has 0 saturated heterocycles. The van der Waals surface area contributed by atoms with Gasteiger partial charge in [-0.05, 0) is 6.92 Å². The van der Waals surface area contributed by atoms with E-state index >= 15 is 0 Å². The molecule has 0 bridgehead atoms. The van der Waals surface area contributed by atoms with Crippen molar-refractivity contribution in [2.24, 2.45) is 0 Å². The third-order valence-electron chi connectivity index (χ3n) is 0.574. The molecule has 0 aliphatic carbocycles. The van der Waals surface area contributed by atoms with Gasteiger partial charge in [0, 0.05) is 0 Å². The van der Waals surface area contributed by atoms with Crippen molar-refractivity contribution in [2.45, 2.75) is 13.1 Å². The minimum atomic E-state index is -2.35. The molecule has 0 spiro atoms. The van der Waals surface area contributed by atoms with E-state index in [9.17, 15) is 14.0 Å². The van der Waals surface area contributed by atoms with Crippen LogP contribution in [-0.4, -0.2) is 28.5 Å². The zero-order valence-electron chi connectivity index (χ0n) is 4.72. The van der Waals surface area contributed by atoms with Gasteiger partial charge in [-0.3, -0.25) is 4.79 Å². The number of ketones is 1. The van der Waals surface area contributed by atoms with Crippen LogP contribution in [0.1, 0.15) is 6.92 Å². The summed E-state index contributed by atoms with van der Waals surface area (Å²) in [5.74, 6) is -2.70. The first kappa shape index (κ1) is 10.9. The number of halogens is 1. The van der Waals surface area contributed by atoms with Crippen LogP contribution in [0.3, 0.4) is 0 Å². The highest BCUT2D eigenvalue weighted by Crippen LogP contribution is 1.90. The maximum Gasteiger partial charge on any atom is 0.346 e. The fourth-order valence-corrected chi connectivity index (χ4v) is 0.174. The zero-order valence-corrected chi connectivity index (χ0v) is 4.72. The highest BCUT2D eigenvalue weighted by atomic mass is 19.1. The van der Waals surface area contributed by atoms with Gasteiger partial charge in [0.25, 0.3) is 6.17 Å². The topological polar surface area (TPSA) is 85.9 Å². The summed E-state index contributed by atoms with van der Waals surface area (Å²) in [4.78, 5) is 19.4. The van der Waals surface area contributed by atoms with Crippen molar-refractivity contribution in [3.63, 3.8) is 0 Å². The van der Waals surface area contributed by atoms with Crippen molar-refractivity contribution in [2.75, 3.05) is 0 Å². The maximum absolute atomic E-state index is 11.7. The molecule has 3 N–H and O–H groups in total. The molecule has 0 heterocycles. The highest BCUT2D eigenvalue weighted by molar-refractivity contribution is 5.99. The smallest absolute Gasteiger partial charge is 0.346 e. The zero-order chi connectivity index (χ0) is 6.73. The van der Waals surface area contributed by atoms with Gasteiger partial charge in [-0.2, -0.15) is 0 Å². The van der Waals surface area contributed by atoms with Gasteiger partial charge >= 0.3 is 5.97 Å². The van der Waals surface area contributed by atoms with E-state index in [1.165, 1.54) is 0 Å². The molecule has 0 aromatic rings. The molecule has 9 heavy (non-hydrogen) atoms. The first-order valence-electron chi connectivity index (χ1n) is 1.93. The summed E-state index contributed by atoms with van der Waals surface area (Å²) in [7, 11) is 0. The summed E-state index contributed by atoms with van der Waals surface area (Å²) >= 11 is 0. The molecule has 5 heteroatoms. The van der Waals surface area contributed by atoms with E-state index in [-0.39, 0.29) is 5.48 Å². The van der Waals surface area contributed by atoms with Crippen LogP contribution in [0.4, 0.5) is 4.39 Å². The van der Waals surface area contributed by atoms with E-state index in [2.05, 4.69) is 0 Å². The van der Waals surface area contributed by atoms with E-state index in [0.29, 0.717) is 0 Å². The van der Waals surface area contributed by atoms with Gasteiger partial charge < -0.3 is 10.6 Å². The Morgan fingerprint density at radius 1 is 1.56 bits per heavy atom. The molecule has 0 fully saturated rings. The molecule has 0 aromatic carbocycles. The Kier molecular flexibility index (Phi) is 4.81. The second kappa shape index (κ2) is 3.96. The van der Waals surface area contributed by atoms with Crippen molar-refractivity contribution in [3.05, 3.63) is 0 Å². The number of hydrogen-bond donors (Lipinski definition) is 1. The maximum atomic E-state index is 11.7. The lowest BCUT2D eigenvalue weighted by Crippen LogP contribution is -2.22. The first-order valence-corrected chi connectivity index (χ1v) is 1.93. The Bertz CT molecular complexity index is 108. The summed E-state index contributed by atoms with van der Waals surface area (Å²) < 4.78 is 11.7. The van der Waals surface area contributed by atoms with Crippen LogP contribution in [0.5, 0.6) is 0 Å². The number of carbonyl (C=O) groups is 2. The number of carbonyl (C=O) groups excluding carboxylic acids is 1. The first-order chi connectivity index (χ1) is 3.55. The van der Waals surface area contributed by atoms with Crippen LogP contribution >= 0.6 is 0 Å². The summed E-state index contributed by atoms with van der Waals surface area (Å²) in [5, 5.41) is 7.76. The number of hydrogen-bond acceptors (Lipinski definition) is 2. The second-order valence-electron chi connectivity index (χ2n) is 1.31. The van der Waals surface area contributed by atoms with Gasteiger partial charge in [-0.1, -0.05) is 0 Å². The lowest BCUT2D eigenvalue weighted by molar-refractivity contribution is -0.146. The Balaban J connectivity index is 0. The van der Waals surface area contributed by atoms with Crippen molar-refractivity contribution >= 4 is 11.8 Å². The van der Waals surface area contributed by atoms with Crippen LogP contribution in [-0.2, 0) is 9.59 Å². The van der Waals surface area contributed by atoms with Crippen LogP contribution in [0.2, 0.25) is 0 Å². The standard InChI is InChI=1S/C4H5FO3.H2O/c1-2(6)3(5)4(7)8;/h3H,1H3,(H,7,8);1H2. The van der Waals surface area contributed by atoms with E-state index in [1.807, 2.05) is 0 Å². The third-order valence-corrected chi connectivity index (χ3v) is 0.574. The molecular weight excluding hydrogens is 131 g/mol. The van der Waals surface area contributed by atoms with E-state index in [0.717, 1.165) is 6.92 Å². The molecule has 0 amide bonds. The van der Waals surface area contributed by atoms with Gasteiger partial charge in [0.15, 0.2) is 5.78 Å². The summed E-state index contributed by atoms with van der Waals surface area (Å²) in [5.41, 5.74) is 0. The summed E-state index contributed by atoms with van der Waals surface area (Å²) in [6.45, 7) is 0.888. The molecule has 54 valence electrons. The van der Waals surface area contributed by atoms with Crippen LogP contribution in [0.15, 0.2) is 0 Å². The van der Waals surface area contributed by atoms with Crippen LogP contribution in [0, 0.1) is 0 Å². The number of rotatable bonds is 2. The van der Waals surface area contributed by atoms with Crippen molar-refractivity contribution < 1.29 is 24.6 Å². The minimum absolute atomic E-state index is 0. The normalized spacial score (nSPS) is 11.3. The summed E-state index contributed by atoms with van der Waals surface area (Å²) in [6, 6.07) is 0. The molecule has 0 aromatic heterocycles. The molecule has 0 aliphatic heterocycles. The molecule has 1 atom stereocenters. The third kappa shape index (κ3) is 3.60. The molecule has 0 radical (unpaired) electrons. The molecule has 1 unspecified atom stereocenters. The van der Waals surface area contributed by atoms with E-state index in [1.54, 1.807) is 0 Å². The Labute approximate surface area is 50.6 Å². The lowest BCUT2D eigenvalue weighted by atomic mass is 10.3. The predicted octanol–water partition coefficient (Wildman–Crippen LogP) is -0.827. The van der Waals surface area contributed by atoms with Gasteiger partial charge in [0.05, 0.1) is 0 Å². The van der Waals surface area contributed by atoms with Gasteiger partial charge in [-0.25, -0.2) is 9.18 Å². The van der Waals surface area contributed by atoms with E-state index in [4.69, 9.17) is 5.11 Å². The molecular formula is C4H7FO4. The van der Waals surface area contributed by atoms with Gasteiger partial charge in [0.1, 0.15) is 0 Å². The molecule has 4 nitrogen and oxygen atoms in total. The summed E-state index contributed by atoms with van der Waals surface area (Å²) in [6.07, 6.45) is -2.35. The quantitative estimate of drug-likeness (QED) is 0.505. The van der Waals surface area contributed by atoms with Crippen molar-refractivity contribution in [1.82, 2.24) is 0 Å². The monoisotopic (exact) mass is 138 g/mol. The number of carboxylic acids is 1. The van der Waals surface area contributed by atoms with Crippen LogP contribution < -0.4 is 0 Å². The Morgan fingerprint density at radius 2 is 1.89 bits per heavy atom. The average Bonchev–Trinajstić information content (AvgIpc) is 1.64. The van der Waals surface area contributed by atoms with Gasteiger partial charge in [0.2, 0.25) is 0 Å². The van der Waals surface area contributed by atoms with Crippen molar-refractivity contribution in [3.8, 4) is 0 Å². The minimum Gasteiger partial charge on any atom is -0.479 e. The average molecular weight is 138 g/mol. The fourth-order valence-electron chi connectivity index (χ4n) is 0.174. The number of carboxylic acid groups (broad SMARTS) is 1.